The molecule has 16 heavy (non-hydrogen) atoms. The van der Waals surface area contributed by atoms with E-state index < -0.39 is 0 Å². The third kappa shape index (κ3) is 1.60. The van der Waals surface area contributed by atoms with Crippen molar-refractivity contribution >= 4 is 11.6 Å². The van der Waals surface area contributed by atoms with Crippen LogP contribution in [0.1, 0.15) is 48.5 Å². The van der Waals surface area contributed by atoms with Gasteiger partial charge in [0, 0.05) is 17.3 Å². The van der Waals surface area contributed by atoms with Crippen molar-refractivity contribution in [3.05, 3.63) is 33.2 Å². The number of aryl methyl sites for hydroxylation is 1. The average Bonchev–Trinajstić information content (AvgIpc) is 3.12. The van der Waals surface area contributed by atoms with Gasteiger partial charge in [-0.15, -0.1) is 11.6 Å². The van der Waals surface area contributed by atoms with Gasteiger partial charge in [-0.1, -0.05) is 0 Å². The molecule has 0 N–H and O–H groups in total. The van der Waals surface area contributed by atoms with Crippen molar-refractivity contribution in [1.82, 2.24) is 4.57 Å². The third-order valence-corrected chi connectivity index (χ3v) is 3.96. The van der Waals surface area contributed by atoms with Crippen molar-refractivity contribution in [1.29, 1.82) is 0 Å². The summed E-state index contributed by atoms with van der Waals surface area (Å²) in [6.07, 6.45) is 6.99. The highest BCUT2D eigenvalue weighted by atomic mass is 35.5. The predicted octanol–water partition coefficient (Wildman–Crippen LogP) is 2.80. The van der Waals surface area contributed by atoms with Crippen molar-refractivity contribution in [2.24, 2.45) is 0 Å². The molecule has 3 rings (SSSR count). The molecule has 1 fully saturated rings. The molecule has 0 unspecified atom stereocenters. The van der Waals surface area contributed by atoms with Crippen LogP contribution in [-0.2, 0) is 18.7 Å². The smallest absolute Gasteiger partial charge is 0.255 e. The van der Waals surface area contributed by atoms with Gasteiger partial charge < -0.3 is 4.57 Å². The van der Waals surface area contributed by atoms with Gasteiger partial charge in [-0.3, -0.25) is 4.79 Å². The molecule has 0 radical (unpaired) electrons. The number of nitrogens with zero attached hydrogens (tertiary/aromatic N) is 1. The molecule has 0 bridgehead atoms. The maximum Gasteiger partial charge on any atom is 0.255 e. The minimum Gasteiger partial charge on any atom is -0.309 e. The van der Waals surface area contributed by atoms with Gasteiger partial charge in [0.1, 0.15) is 0 Å². The Kier molecular flexibility index (Phi) is 2.55. The summed E-state index contributed by atoms with van der Waals surface area (Å²) >= 11 is 5.86. The fraction of sp³-hybridized carbons (Fsp3) is 0.615. The van der Waals surface area contributed by atoms with E-state index in [-0.39, 0.29) is 5.56 Å². The topological polar surface area (TPSA) is 22.0 Å². The Hall–Kier alpha value is -0.760. The summed E-state index contributed by atoms with van der Waals surface area (Å²) in [5.41, 5.74) is 3.62. The Morgan fingerprint density at radius 1 is 1.31 bits per heavy atom. The highest BCUT2D eigenvalue weighted by Gasteiger charge is 2.29. The molecule has 86 valence electrons. The molecule has 0 amide bonds. The van der Waals surface area contributed by atoms with E-state index in [0.717, 1.165) is 31.2 Å². The van der Waals surface area contributed by atoms with Gasteiger partial charge >= 0.3 is 0 Å². The Balaban J connectivity index is 2.21. The zero-order valence-corrected chi connectivity index (χ0v) is 10.1. The highest BCUT2D eigenvalue weighted by Crippen LogP contribution is 2.36. The van der Waals surface area contributed by atoms with E-state index in [1.54, 1.807) is 0 Å². The second kappa shape index (κ2) is 3.92. The highest BCUT2D eigenvalue weighted by molar-refractivity contribution is 6.17. The van der Waals surface area contributed by atoms with E-state index >= 15 is 0 Å². The van der Waals surface area contributed by atoms with E-state index in [1.165, 1.54) is 24.1 Å². The molecule has 1 heterocycles. The number of hydrogen-bond donors (Lipinski definition) is 0. The van der Waals surface area contributed by atoms with Crippen LogP contribution in [-0.4, -0.2) is 4.57 Å². The second-order valence-electron chi connectivity index (χ2n) is 4.89. The zero-order valence-electron chi connectivity index (χ0n) is 9.34. The monoisotopic (exact) mass is 237 g/mol. The lowest BCUT2D eigenvalue weighted by Gasteiger charge is -2.22. The van der Waals surface area contributed by atoms with Gasteiger partial charge in [0.2, 0.25) is 0 Å². The van der Waals surface area contributed by atoms with Gasteiger partial charge in [-0.25, -0.2) is 0 Å². The number of rotatable bonds is 2. The number of hydrogen-bond acceptors (Lipinski definition) is 1. The van der Waals surface area contributed by atoms with Crippen LogP contribution in [0, 0.1) is 0 Å². The number of fused-ring (bicyclic) bond motifs is 1. The van der Waals surface area contributed by atoms with Crippen molar-refractivity contribution in [2.45, 2.75) is 50.4 Å². The van der Waals surface area contributed by atoms with Crippen LogP contribution in [0.2, 0.25) is 0 Å². The first-order chi connectivity index (χ1) is 7.81. The fourth-order valence-electron chi connectivity index (χ4n) is 2.71. The van der Waals surface area contributed by atoms with Crippen LogP contribution >= 0.6 is 11.6 Å². The maximum atomic E-state index is 12.2. The molecule has 3 heteroatoms. The number of aromatic nitrogens is 1. The minimum atomic E-state index is 0.165. The van der Waals surface area contributed by atoms with E-state index in [4.69, 9.17) is 11.6 Å². The summed E-state index contributed by atoms with van der Waals surface area (Å²) in [6.45, 7) is 0. The van der Waals surface area contributed by atoms with Crippen molar-refractivity contribution in [3.63, 3.8) is 0 Å². The third-order valence-electron chi connectivity index (χ3n) is 3.67. The van der Waals surface area contributed by atoms with Crippen molar-refractivity contribution in [3.8, 4) is 0 Å². The quantitative estimate of drug-likeness (QED) is 0.725. The summed E-state index contributed by atoms with van der Waals surface area (Å²) in [5.74, 6) is 0.346. The molecule has 1 aromatic heterocycles. The number of alkyl halides is 1. The summed E-state index contributed by atoms with van der Waals surface area (Å²) in [7, 11) is 0. The largest absolute Gasteiger partial charge is 0.309 e. The van der Waals surface area contributed by atoms with Crippen LogP contribution in [0.15, 0.2) is 10.9 Å². The molecule has 0 aromatic carbocycles. The van der Waals surface area contributed by atoms with Gasteiger partial charge in [0.05, 0.1) is 5.88 Å². The molecule has 0 aliphatic heterocycles. The Morgan fingerprint density at radius 3 is 2.75 bits per heavy atom. The molecule has 0 spiro atoms. The normalized spacial score (nSPS) is 19.6. The van der Waals surface area contributed by atoms with Crippen LogP contribution < -0.4 is 5.56 Å². The minimum absolute atomic E-state index is 0.165. The predicted molar refractivity (Wildman–Crippen MR) is 65.2 cm³/mol. The van der Waals surface area contributed by atoms with Crippen molar-refractivity contribution in [2.75, 3.05) is 0 Å². The lowest BCUT2D eigenvalue weighted by molar-refractivity contribution is 0.580. The first-order valence-corrected chi connectivity index (χ1v) is 6.67. The zero-order chi connectivity index (χ0) is 11.1. The summed E-state index contributed by atoms with van der Waals surface area (Å²) < 4.78 is 2.05. The molecule has 2 aliphatic rings. The van der Waals surface area contributed by atoms with E-state index in [0.29, 0.717) is 11.9 Å². The number of halogens is 1. The van der Waals surface area contributed by atoms with Crippen LogP contribution in [0.4, 0.5) is 0 Å². The summed E-state index contributed by atoms with van der Waals surface area (Å²) in [4.78, 5) is 12.2. The lowest BCUT2D eigenvalue weighted by atomic mass is 9.94. The Bertz CT molecular complexity index is 474. The Labute approximate surface area is 100 Å². The summed E-state index contributed by atoms with van der Waals surface area (Å²) in [5, 5.41) is 0. The van der Waals surface area contributed by atoms with Gasteiger partial charge in [0.15, 0.2) is 0 Å². The molecule has 0 atom stereocenters. The first kappa shape index (κ1) is 10.4. The van der Waals surface area contributed by atoms with Crippen molar-refractivity contribution < 1.29 is 0 Å². The van der Waals surface area contributed by atoms with E-state index in [9.17, 15) is 4.79 Å². The Morgan fingerprint density at radius 2 is 2.06 bits per heavy atom. The average molecular weight is 238 g/mol. The van der Waals surface area contributed by atoms with Gasteiger partial charge in [-0.05, 0) is 50.2 Å². The molecular formula is C13H16ClNO. The number of pyridine rings is 1. The molecule has 0 saturated heterocycles. The molecule has 2 nitrogen and oxygen atoms in total. The first-order valence-electron chi connectivity index (χ1n) is 6.13. The standard InChI is InChI=1S/C13H16ClNO/c14-8-10-7-9-3-1-2-4-12(9)15(13(10)16)11-5-6-11/h7,11H,1-6,8H2. The SMILES string of the molecule is O=c1c(CCl)cc2c(n1C1CC1)CCCC2. The molecular weight excluding hydrogens is 222 g/mol. The fourth-order valence-corrected chi connectivity index (χ4v) is 2.90. The van der Waals surface area contributed by atoms with Crippen LogP contribution in [0.25, 0.3) is 0 Å². The van der Waals surface area contributed by atoms with Gasteiger partial charge in [0.25, 0.3) is 5.56 Å². The molecule has 2 aliphatic carbocycles. The van der Waals surface area contributed by atoms with Gasteiger partial charge in [-0.2, -0.15) is 0 Å². The second-order valence-corrected chi connectivity index (χ2v) is 5.16. The van der Waals surface area contributed by atoms with Crippen LogP contribution in [0.5, 0.6) is 0 Å². The summed E-state index contributed by atoms with van der Waals surface area (Å²) in [6, 6.07) is 2.52. The maximum absolute atomic E-state index is 12.2. The lowest BCUT2D eigenvalue weighted by Crippen LogP contribution is -2.28. The van der Waals surface area contributed by atoms with Crippen LogP contribution in [0.3, 0.4) is 0 Å². The molecule has 1 saturated carbocycles. The molecule has 1 aromatic rings. The van der Waals surface area contributed by atoms with E-state index in [2.05, 4.69) is 0 Å². The van der Waals surface area contributed by atoms with E-state index in [1.807, 2.05) is 10.6 Å².